The van der Waals surface area contributed by atoms with E-state index in [1.54, 1.807) is 0 Å². The maximum Gasteiger partial charge on any atom is 0.328 e. The lowest BCUT2D eigenvalue weighted by molar-refractivity contribution is -0.131. The number of hydrogen-bond acceptors (Lipinski definition) is 2. The Balaban J connectivity index is 3.48. The first-order chi connectivity index (χ1) is 6.02. The molecule has 0 aliphatic carbocycles. The second-order valence-electron chi connectivity index (χ2n) is 3.69. The van der Waals surface area contributed by atoms with Gasteiger partial charge in [-0.15, -0.1) is 0 Å². The largest absolute Gasteiger partial charge is 0.478 e. The fourth-order valence-electron chi connectivity index (χ4n) is 0.938. The normalized spacial score (nSPS) is 12.2. The van der Waals surface area contributed by atoms with Crippen molar-refractivity contribution in [2.45, 2.75) is 27.2 Å². The number of rotatable bonds is 6. The van der Waals surface area contributed by atoms with E-state index >= 15 is 0 Å². The smallest absolute Gasteiger partial charge is 0.328 e. The van der Waals surface area contributed by atoms with Crippen molar-refractivity contribution in [3.05, 3.63) is 11.6 Å². The molecule has 0 bridgehead atoms. The van der Waals surface area contributed by atoms with Crippen molar-refractivity contribution in [1.82, 2.24) is 5.32 Å². The summed E-state index contributed by atoms with van der Waals surface area (Å²) in [5.74, 6) is -0.181. The van der Waals surface area contributed by atoms with E-state index in [9.17, 15) is 4.79 Å². The van der Waals surface area contributed by atoms with Crippen molar-refractivity contribution >= 4 is 5.97 Å². The van der Waals surface area contributed by atoms with Crippen molar-refractivity contribution in [2.75, 3.05) is 13.1 Å². The van der Waals surface area contributed by atoms with E-state index in [2.05, 4.69) is 19.2 Å². The minimum Gasteiger partial charge on any atom is -0.478 e. The van der Waals surface area contributed by atoms with Crippen LogP contribution in [0.3, 0.4) is 0 Å². The highest BCUT2D eigenvalue weighted by Crippen LogP contribution is 1.97. The summed E-state index contributed by atoms with van der Waals surface area (Å²) in [6, 6.07) is 0. The predicted molar refractivity (Wildman–Crippen MR) is 53.7 cm³/mol. The summed E-state index contributed by atoms with van der Waals surface area (Å²) in [5, 5.41) is 11.6. The minimum atomic E-state index is -0.872. The van der Waals surface area contributed by atoms with Gasteiger partial charge in [0, 0.05) is 12.6 Å². The van der Waals surface area contributed by atoms with Gasteiger partial charge in [0.2, 0.25) is 0 Å². The van der Waals surface area contributed by atoms with E-state index in [0.29, 0.717) is 12.5 Å². The molecule has 0 aromatic carbocycles. The van der Waals surface area contributed by atoms with Crippen LogP contribution in [0, 0.1) is 5.92 Å². The number of aliphatic carboxylic acids is 1. The maximum atomic E-state index is 10.2. The van der Waals surface area contributed by atoms with Gasteiger partial charge in [-0.05, 0) is 25.8 Å². The summed E-state index contributed by atoms with van der Waals surface area (Å²) in [4.78, 5) is 10.2. The molecule has 0 saturated heterocycles. The van der Waals surface area contributed by atoms with Crippen LogP contribution in [0.25, 0.3) is 0 Å². The molecule has 0 fully saturated rings. The van der Waals surface area contributed by atoms with Gasteiger partial charge in [-0.3, -0.25) is 0 Å². The first kappa shape index (κ1) is 12.2. The number of carbonyl (C=O) groups is 1. The Morgan fingerprint density at radius 1 is 1.54 bits per heavy atom. The standard InChI is InChI=1S/C10H19NO2/c1-8(2)4-5-11-7-9(3)6-10(12)13/h6,8,11H,4-5,7H2,1-3H3,(H,12,13). The van der Waals surface area contributed by atoms with Crippen LogP contribution in [0.2, 0.25) is 0 Å². The molecular weight excluding hydrogens is 166 g/mol. The van der Waals surface area contributed by atoms with Crippen LogP contribution in [-0.4, -0.2) is 24.2 Å². The highest BCUT2D eigenvalue weighted by atomic mass is 16.4. The molecule has 0 spiro atoms. The minimum absolute atomic E-state index is 0.666. The molecule has 76 valence electrons. The Labute approximate surface area is 79.8 Å². The molecule has 13 heavy (non-hydrogen) atoms. The molecule has 0 aliphatic rings. The first-order valence-corrected chi connectivity index (χ1v) is 4.63. The topological polar surface area (TPSA) is 49.3 Å². The molecule has 0 radical (unpaired) electrons. The average molecular weight is 185 g/mol. The molecular formula is C10H19NO2. The predicted octanol–water partition coefficient (Wildman–Crippen LogP) is 1.65. The summed E-state index contributed by atoms with van der Waals surface area (Å²) >= 11 is 0. The highest BCUT2D eigenvalue weighted by molar-refractivity contribution is 5.80. The van der Waals surface area contributed by atoms with Crippen LogP contribution in [-0.2, 0) is 4.79 Å². The average Bonchev–Trinajstić information content (AvgIpc) is 1.96. The van der Waals surface area contributed by atoms with Crippen molar-refractivity contribution in [2.24, 2.45) is 5.92 Å². The fraction of sp³-hybridized carbons (Fsp3) is 0.700. The van der Waals surface area contributed by atoms with E-state index in [4.69, 9.17) is 5.11 Å². The molecule has 0 aliphatic heterocycles. The second kappa shape index (κ2) is 6.66. The third kappa shape index (κ3) is 9.08. The van der Waals surface area contributed by atoms with Crippen LogP contribution in [0.5, 0.6) is 0 Å². The van der Waals surface area contributed by atoms with E-state index in [-0.39, 0.29) is 0 Å². The fourth-order valence-corrected chi connectivity index (χ4v) is 0.938. The lowest BCUT2D eigenvalue weighted by Gasteiger charge is -2.06. The van der Waals surface area contributed by atoms with Gasteiger partial charge in [0.05, 0.1) is 0 Å². The molecule has 3 nitrogen and oxygen atoms in total. The van der Waals surface area contributed by atoms with Crippen LogP contribution in [0.1, 0.15) is 27.2 Å². The van der Waals surface area contributed by atoms with Crippen molar-refractivity contribution in [3.8, 4) is 0 Å². The molecule has 0 aromatic rings. The van der Waals surface area contributed by atoms with Gasteiger partial charge in [-0.1, -0.05) is 19.4 Å². The quantitative estimate of drug-likeness (QED) is 0.488. The van der Waals surface area contributed by atoms with E-state index in [0.717, 1.165) is 18.5 Å². The molecule has 0 unspecified atom stereocenters. The van der Waals surface area contributed by atoms with Crippen LogP contribution < -0.4 is 5.32 Å². The summed E-state index contributed by atoms with van der Waals surface area (Å²) in [6.07, 6.45) is 2.36. The number of hydrogen-bond donors (Lipinski definition) is 2. The van der Waals surface area contributed by atoms with E-state index in [1.807, 2.05) is 6.92 Å². The van der Waals surface area contributed by atoms with E-state index < -0.39 is 5.97 Å². The maximum absolute atomic E-state index is 10.2. The molecule has 2 N–H and O–H groups in total. The SMILES string of the molecule is CC(=CC(=O)O)CNCCC(C)C. The van der Waals surface area contributed by atoms with Crippen molar-refractivity contribution < 1.29 is 9.90 Å². The lowest BCUT2D eigenvalue weighted by Crippen LogP contribution is -2.19. The Kier molecular flexibility index (Phi) is 6.24. The summed E-state index contributed by atoms with van der Waals surface area (Å²) in [7, 11) is 0. The van der Waals surface area contributed by atoms with Gasteiger partial charge in [0.1, 0.15) is 0 Å². The zero-order chi connectivity index (χ0) is 10.3. The Morgan fingerprint density at radius 3 is 2.62 bits per heavy atom. The van der Waals surface area contributed by atoms with E-state index in [1.165, 1.54) is 6.08 Å². The molecule has 0 rings (SSSR count). The summed E-state index contributed by atoms with van der Waals surface area (Å²) < 4.78 is 0. The number of nitrogens with one attached hydrogen (secondary N) is 1. The van der Waals surface area contributed by atoms with Crippen LogP contribution in [0.4, 0.5) is 0 Å². The monoisotopic (exact) mass is 185 g/mol. The molecule has 0 saturated carbocycles. The Morgan fingerprint density at radius 2 is 2.15 bits per heavy atom. The summed E-state index contributed by atoms with van der Waals surface area (Å²) in [6.45, 7) is 7.77. The highest BCUT2D eigenvalue weighted by Gasteiger charge is 1.95. The van der Waals surface area contributed by atoms with Crippen LogP contribution >= 0.6 is 0 Å². The van der Waals surface area contributed by atoms with Gasteiger partial charge in [0.25, 0.3) is 0 Å². The summed E-state index contributed by atoms with van der Waals surface area (Å²) in [5.41, 5.74) is 0.858. The Hall–Kier alpha value is -0.830. The molecule has 0 amide bonds. The van der Waals surface area contributed by atoms with Crippen molar-refractivity contribution in [1.29, 1.82) is 0 Å². The Bertz CT molecular complexity index is 185. The van der Waals surface area contributed by atoms with Gasteiger partial charge < -0.3 is 10.4 Å². The van der Waals surface area contributed by atoms with Crippen LogP contribution in [0.15, 0.2) is 11.6 Å². The zero-order valence-corrected chi connectivity index (χ0v) is 8.63. The van der Waals surface area contributed by atoms with Gasteiger partial charge in [-0.25, -0.2) is 4.79 Å². The number of carboxylic acids is 1. The molecule has 0 aromatic heterocycles. The van der Waals surface area contributed by atoms with Gasteiger partial charge in [-0.2, -0.15) is 0 Å². The zero-order valence-electron chi connectivity index (χ0n) is 8.63. The van der Waals surface area contributed by atoms with Crippen molar-refractivity contribution in [3.63, 3.8) is 0 Å². The molecule has 3 heteroatoms. The molecule has 0 atom stereocenters. The van der Waals surface area contributed by atoms with Gasteiger partial charge >= 0.3 is 5.97 Å². The second-order valence-corrected chi connectivity index (χ2v) is 3.69. The first-order valence-electron chi connectivity index (χ1n) is 4.63. The number of carboxylic acid groups (broad SMARTS) is 1. The van der Waals surface area contributed by atoms with Gasteiger partial charge in [0.15, 0.2) is 0 Å². The third-order valence-corrected chi connectivity index (χ3v) is 1.67. The third-order valence-electron chi connectivity index (χ3n) is 1.67. The molecule has 0 heterocycles. The lowest BCUT2D eigenvalue weighted by atomic mass is 10.1.